The molecule has 128 valence electrons. The van der Waals surface area contributed by atoms with Crippen LogP contribution in [-0.2, 0) is 6.54 Å². The summed E-state index contributed by atoms with van der Waals surface area (Å²) in [5.41, 5.74) is 1.71. The molecule has 1 aromatic carbocycles. The Morgan fingerprint density at radius 2 is 2.21 bits per heavy atom. The van der Waals surface area contributed by atoms with Crippen molar-refractivity contribution >= 4 is 11.6 Å². The van der Waals surface area contributed by atoms with Crippen molar-refractivity contribution in [3.63, 3.8) is 0 Å². The first kappa shape index (κ1) is 17.5. The van der Waals surface area contributed by atoms with E-state index in [2.05, 4.69) is 10.4 Å². The van der Waals surface area contributed by atoms with Gasteiger partial charge in [0.05, 0.1) is 23.8 Å². The molecule has 1 aromatic heterocycles. The molecule has 2 rings (SSSR count). The summed E-state index contributed by atoms with van der Waals surface area (Å²) in [4.78, 5) is 22.9. The third-order valence-electron chi connectivity index (χ3n) is 3.76. The maximum atomic E-state index is 12.4. The predicted molar refractivity (Wildman–Crippen MR) is 88.2 cm³/mol. The number of aromatic nitrogens is 2. The van der Waals surface area contributed by atoms with Gasteiger partial charge >= 0.3 is 5.69 Å². The van der Waals surface area contributed by atoms with Gasteiger partial charge in [-0.2, -0.15) is 5.10 Å². The van der Waals surface area contributed by atoms with E-state index in [1.807, 2.05) is 27.0 Å². The van der Waals surface area contributed by atoms with Crippen molar-refractivity contribution in [3.05, 3.63) is 51.3 Å². The molecule has 0 aliphatic rings. The van der Waals surface area contributed by atoms with Gasteiger partial charge in [0, 0.05) is 29.9 Å². The standard InChI is InChI=1S/C16H20N4O4/c1-5-19-9-13(11(3)18-19)10(2)17-16(21)12-6-7-15(24-4)14(8-12)20(22)23/h6-10H,5H2,1-4H3,(H,17,21). The maximum Gasteiger partial charge on any atom is 0.311 e. The predicted octanol–water partition coefficient (Wildman–Crippen LogP) is 2.62. The largest absolute Gasteiger partial charge is 0.490 e. The Kier molecular flexibility index (Phi) is 5.18. The van der Waals surface area contributed by atoms with E-state index in [-0.39, 0.29) is 23.0 Å². The Morgan fingerprint density at radius 3 is 2.75 bits per heavy atom. The van der Waals surface area contributed by atoms with Crippen LogP contribution in [0.5, 0.6) is 5.75 Å². The Morgan fingerprint density at radius 1 is 1.50 bits per heavy atom. The number of nitrogens with one attached hydrogen (secondary N) is 1. The fourth-order valence-electron chi connectivity index (χ4n) is 2.45. The van der Waals surface area contributed by atoms with Crippen molar-refractivity contribution in [2.45, 2.75) is 33.4 Å². The number of nitro groups is 1. The minimum Gasteiger partial charge on any atom is -0.490 e. The van der Waals surface area contributed by atoms with Crippen molar-refractivity contribution in [3.8, 4) is 5.75 Å². The fourth-order valence-corrected chi connectivity index (χ4v) is 2.45. The van der Waals surface area contributed by atoms with Gasteiger partial charge in [-0.3, -0.25) is 19.6 Å². The van der Waals surface area contributed by atoms with E-state index in [1.54, 1.807) is 4.68 Å². The van der Waals surface area contributed by atoms with Crippen molar-refractivity contribution in [2.24, 2.45) is 0 Å². The fraction of sp³-hybridized carbons (Fsp3) is 0.375. The SMILES string of the molecule is CCn1cc(C(C)NC(=O)c2ccc(OC)c([N+](=O)[O-])c2)c(C)n1. The summed E-state index contributed by atoms with van der Waals surface area (Å²) in [6, 6.07) is 3.86. The van der Waals surface area contributed by atoms with Crippen LogP contribution in [0.1, 0.15) is 41.5 Å². The first-order chi connectivity index (χ1) is 11.4. The van der Waals surface area contributed by atoms with E-state index in [4.69, 9.17) is 4.74 Å². The smallest absolute Gasteiger partial charge is 0.311 e. The number of benzene rings is 1. The number of carbonyl (C=O) groups is 1. The van der Waals surface area contributed by atoms with Crippen molar-refractivity contribution in [1.82, 2.24) is 15.1 Å². The lowest BCUT2D eigenvalue weighted by Gasteiger charge is -2.13. The third kappa shape index (κ3) is 3.53. The third-order valence-corrected chi connectivity index (χ3v) is 3.76. The van der Waals surface area contributed by atoms with Gasteiger partial charge < -0.3 is 10.1 Å². The number of aryl methyl sites for hydroxylation is 2. The average Bonchev–Trinajstić information content (AvgIpc) is 2.95. The minimum absolute atomic E-state index is 0.115. The van der Waals surface area contributed by atoms with Crippen LogP contribution in [0.2, 0.25) is 0 Å². The normalized spacial score (nSPS) is 11.8. The van der Waals surface area contributed by atoms with E-state index in [9.17, 15) is 14.9 Å². The number of methoxy groups -OCH3 is 1. The minimum atomic E-state index is -0.575. The molecule has 1 unspecified atom stereocenters. The highest BCUT2D eigenvalue weighted by Gasteiger charge is 2.20. The second kappa shape index (κ2) is 7.12. The first-order valence-electron chi connectivity index (χ1n) is 7.54. The molecule has 1 heterocycles. The molecule has 0 saturated carbocycles. The number of carbonyl (C=O) groups excluding carboxylic acids is 1. The van der Waals surface area contributed by atoms with Crippen LogP contribution in [0.15, 0.2) is 24.4 Å². The molecular formula is C16H20N4O4. The van der Waals surface area contributed by atoms with E-state index < -0.39 is 10.8 Å². The lowest BCUT2D eigenvalue weighted by atomic mass is 10.1. The van der Waals surface area contributed by atoms with Gasteiger partial charge in [0.15, 0.2) is 5.75 Å². The summed E-state index contributed by atoms with van der Waals surface area (Å²) in [6.45, 7) is 6.45. The summed E-state index contributed by atoms with van der Waals surface area (Å²) >= 11 is 0. The highest BCUT2D eigenvalue weighted by atomic mass is 16.6. The number of hydrogen-bond acceptors (Lipinski definition) is 5. The topological polar surface area (TPSA) is 99.3 Å². The van der Waals surface area contributed by atoms with Crippen LogP contribution in [0.4, 0.5) is 5.69 Å². The van der Waals surface area contributed by atoms with Gasteiger partial charge in [0.2, 0.25) is 0 Å². The molecule has 1 N–H and O–H groups in total. The van der Waals surface area contributed by atoms with Crippen LogP contribution < -0.4 is 10.1 Å². The molecule has 0 radical (unpaired) electrons. The molecule has 0 spiro atoms. The number of ether oxygens (including phenoxy) is 1. The Hall–Kier alpha value is -2.90. The van der Waals surface area contributed by atoms with E-state index in [1.165, 1.54) is 25.3 Å². The molecular weight excluding hydrogens is 312 g/mol. The molecule has 0 fully saturated rings. The molecule has 1 amide bonds. The molecule has 8 heteroatoms. The van der Waals surface area contributed by atoms with Crippen LogP contribution in [0.3, 0.4) is 0 Å². The second-order valence-corrected chi connectivity index (χ2v) is 5.36. The van der Waals surface area contributed by atoms with Gasteiger partial charge in [-0.25, -0.2) is 0 Å². The quantitative estimate of drug-likeness (QED) is 0.647. The summed E-state index contributed by atoms with van der Waals surface area (Å²) in [7, 11) is 1.35. The summed E-state index contributed by atoms with van der Waals surface area (Å²) in [5.74, 6) is -0.276. The van der Waals surface area contributed by atoms with Crippen molar-refractivity contribution in [2.75, 3.05) is 7.11 Å². The first-order valence-corrected chi connectivity index (χ1v) is 7.54. The molecule has 1 atom stereocenters. The molecule has 8 nitrogen and oxygen atoms in total. The summed E-state index contributed by atoms with van der Waals surface area (Å²) in [6.07, 6.45) is 1.89. The molecule has 0 bridgehead atoms. The van der Waals surface area contributed by atoms with E-state index in [0.717, 1.165) is 17.8 Å². The van der Waals surface area contributed by atoms with Gasteiger partial charge in [-0.15, -0.1) is 0 Å². The summed E-state index contributed by atoms with van der Waals surface area (Å²) < 4.78 is 6.74. The van der Waals surface area contributed by atoms with Crippen LogP contribution in [-0.4, -0.2) is 27.7 Å². The van der Waals surface area contributed by atoms with Gasteiger partial charge in [0.25, 0.3) is 5.91 Å². The lowest BCUT2D eigenvalue weighted by Crippen LogP contribution is -2.26. The Labute approximate surface area is 139 Å². The number of amides is 1. The van der Waals surface area contributed by atoms with Crippen LogP contribution in [0, 0.1) is 17.0 Å². The Balaban J connectivity index is 2.21. The molecule has 0 aliphatic heterocycles. The van der Waals surface area contributed by atoms with E-state index in [0.29, 0.717) is 0 Å². The second-order valence-electron chi connectivity index (χ2n) is 5.36. The molecule has 24 heavy (non-hydrogen) atoms. The Bertz CT molecular complexity index is 769. The summed E-state index contributed by atoms with van der Waals surface area (Å²) in [5, 5.41) is 18.3. The zero-order valence-electron chi connectivity index (χ0n) is 14.1. The molecule has 0 aliphatic carbocycles. The zero-order chi connectivity index (χ0) is 17.9. The van der Waals surface area contributed by atoms with E-state index >= 15 is 0 Å². The van der Waals surface area contributed by atoms with Gasteiger partial charge in [-0.1, -0.05) is 0 Å². The zero-order valence-corrected chi connectivity index (χ0v) is 14.1. The molecule has 0 saturated heterocycles. The lowest BCUT2D eigenvalue weighted by molar-refractivity contribution is -0.385. The number of nitro benzene ring substituents is 1. The van der Waals surface area contributed by atoms with Crippen LogP contribution >= 0.6 is 0 Å². The maximum absolute atomic E-state index is 12.4. The van der Waals surface area contributed by atoms with Crippen molar-refractivity contribution in [1.29, 1.82) is 0 Å². The average molecular weight is 332 g/mol. The number of hydrogen-bond donors (Lipinski definition) is 1. The van der Waals surface area contributed by atoms with Crippen LogP contribution in [0.25, 0.3) is 0 Å². The van der Waals surface area contributed by atoms with Gasteiger partial charge in [-0.05, 0) is 32.9 Å². The van der Waals surface area contributed by atoms with Crippen molar-refractivity contribution < 1.29 is 14.5 Å². The number of nitrogens with zero attached hydrogens (tertiary/aromatic N) is 3. The molecule has 2 aromatic rings. The number of rotatable bonds is 6. The van der Waals surface area contributed by atoms with Gasteiger partial charge in [0.1, 0.15) is 0 Å². The highest BCUT2D eigenvalue weighted by Crippen LogP contribution is 2.27. The monoisotopic (exact) mass is 332 g/mol. The highest BCUT2D eigenvalue weighted by molar-refractivity contribution is 5.95.